The zero-order valence-electron chi connectivity index (χ0n) is 16.0. The van der Waals surface area contributed by atoms with E-state index in [0.29, 0.717) is 12.8 Å². The van der Waals surface area contributed by atoms with E-state index in [2.05, 4.69) is 18.3 Å². The Balaban J connectivity index is 1.59. The lowest BCUT2D eigenvalue weighted by atomic mass is 9.91. The molecule has 0 spiro atoms. The van der Waals surface area contributed by atoms with Crippen LogP contribution in [0, 0.1) is 0 Å². The van der Waals surface area contributed by atoms with Crippen molar-refractivity contribution in [3.63, 3.8) is 0 Å². The number of fused-ring (bicyclic) bond motifs is 1. The number of aryl methyl sites for hydroxylation is 1. The number of halogens is 1. The van der Waals surface area contributed by atoms with E-state index in [1.165, 1.54) is 5.56 Å². The molecule has 0 bridgehead atoms. The molecule has 2 aromatic carbocycles. The van der Waals surface area contributed by atoms with Crippen LogP contribution in [0.4, 0.5) is 0 Å². The number of carbonyl (C=O) groups is 1. The van der Waals surface area contributed by atoms with Crippen LogP contribution >= 0.6 is 11.6 Å². The molecule has 2 aromatic rings. The quantitative estimate of drug-likeness (QED) is 0.633. The van der Waals surface area contributed by atoms with Gasteiger partial charge in [0.2, 0.25) is 5.91 Å². The fourth-order valence-electron chi connectivity index (χ4n) is 3.57. The van der Waals surface area contributed by atoms with Crippen LogP contribution in [0.2, 0.25) is 5.02 Å². The minimum atomic E-state index is -0.602. The molecule has 1 aliphatic heterocycles. The van der Waals surface area contributed by atoms with Gasteiger partial charge < -0.3 is 20.3 Å². The van der Waals surface area contributed by atoms with Crippen LogP contribution in [0.3, 0.4) is 0 Å². The van der Waals surface area contributed by atoms with Gasteiger partial charge in [-0.2, -0.15) is 0 Å². The number of aliphatic hydroxyl groups is 2. The molecule has 0 unspecified atom stereocenters. The number of hydrogen-bond acceptors (Lipinski definition) is 4. The van der Waals surface area contributed by atoms with Crippen molar-refractivity contribution >= 4 is 17.5 Å². The molecule has 0 fully saturated rings. The molecule has 6 heteroatoms. The van der Waals surface area contributed by atoms with Gasteiger partial charge in [0.15, 0.2) is 0 Å². The zero-order chi connectivity index (χ0) is 20.1. The van der Waals surface area contributed by atoms with Gasteiger partial charge >= 0.3 is 0 Å². The summed E-state index contributed by atoms with van der Waals surface area (Å²) in [4.78, 5) is 11.9. The Labute approximate surface area is 170 Å². The smallest absolute Gasteiger partial charge is 0.220 e. The van der Waals surface area contributed by atoms with Gasteiger partial charge in [0.1, 0.15) is 11.4 Å². The van der Waals surface area contributed by atoms with Gasteiger partial charge in [0.05, 0.1) is 19.3 Å². The van der Waals surface area contributed by atoms with Gasteiger partial charge in [-0.05, 0) is 48.2 Å². The summed E-state index contributed by atoms with van der Waals surface area (Å²) in [6.07, 6.45) is 2.50. The van der Waals surface area contributed by atoms with Crippen LogP contribution in [0.1, 0.15) is 30.0 Å². The van der Waals surface area contributed by atoms with Crippen LogP contribution in [0.25, 0.3) is 0 Å². The molecule has 1 aliphatic rings. The van der Waals surface area contributed by atoms with Crippen LogP contribution in [0.5, 0.6) is 5.75 Å². The maximum absolute atomic E-state index is 11.9. The topological polar surface area (TPSA) is 78.8 Å². The van der Waals surface area contributed by atoms with Crippen molar-refractivity contribution in [2.75, 3.05) is 13.2 Å². The third-order valence-electron chi connectivity index (χ3n) is 4.98. The third kappa shape index (κ3) is 5.25. The molecule has 5 nitrogen and oxygen atoms in total. The lowest BCUT2D eigenvalue weighted by molar-refractivity contribution is -0.122. The van der Waals surface area contributed by atoms with Gasteiger partial charge in [0.25, 0.3) is 0 Å². The fourth-order valence-corrected chi connectivity index (χ4v) is 3.70. The summed E-state index contributed by atoms with van der Waals surface area (Å²) in [6.45, 7) is 1.56. The first-order valence-electron chi connectivity index (χ1n) is 9.47. The Bertz CT molecular complexity index is 820. The molecule has 3 rings (SSSR count). The molecule has 1 heterocycles. The number of carbonyl (C=O) groups excluding carboxylic acids is 1. The van der Waals surface area contributed by atoms with Crippen molar-refractivity contribution in [1.29, 1.82) is 0 Å². The average molecular weight is 404 g/mol. The van der Waals surface area contributed by atoms with Crippen molar-refractivity contribution < 1.29 is 19.7 Å². The molecular weight excluding hydrogens is 378 g/mol. The first kappa shape index (κ1) is 20.6. The number of benzene rings is 2. The molecule has 1 atom stereocenters. The van der Waals surface area contributed by atoms with E-state index >= 15 is 0 Å². The minimum absolute atomic E-state index is 0.183. The van der Waals surface area contributed by atoms with Gasteiger partial charge in [-0.1, -0.05) is 35.9 Å². The van der Waals surface area contributed by atoms with Crippen LogP contribution in [-0.2, 0) is 24.1 Å². The largest absolute Gasteiger partial charge is 0.487 e. The lowest BCUT2D eigenvalue weighted by Gasteiger charge is -2.24. The number of nitrogens with one attached hydrogen (secondary N) is 1. The van der Waals surface area contributed by atoms with Crippen molar-refractivity contribution in [3.8, 4) is 5.75 Å². The van der Waals surface area contributed by atoms with Crippen molar-refractivity contribution in [2.45, 2.75) is 44.2 Å². The van der Waals surface area contributed by atoms with E-state index in [1.807, 2.05) is 36.4 Å². The Kier molecular flexibility index (Phi) is 6.60. The zero-order valence-corrected chi connectivity index (χ0v) is 16.7. The molecular formula is C22H26ClNO4. The molecule has 1 amide bonds. The summed E-state index contributed by atoms with van der Waals surface area (Å²) < 4.78 is 6.22. The van der Waals surface area contributed by atoms with Crippen LogP contribution < -0.4 is 10.1 Å². The summed E-state index contributed by atoms with van der Waals surface area (Å²) in [5.41, 5.74) is 3.09. The second-order valence-electron chi connectivity index (χ2n) is 7.60. The predicted octanol–water partition coefficient (Wildman–Crippen LogP) is 2.68. The van der Waals surface area contributed by atoms with Gasteiger partial charge in [-0.15, -0.1) is 0 Å². The monoisotopic (exact) mass is 403 g/mol. The Morgan fingerprint density at radius 3 is 2.54 bits per heavy atom. The fraction of sp³-hybridized carbons (Fsp3) is 0.409. The molecule has 0 saturated heterocycles. The number of hydrogen-bond donors (Lipinski definition) is 3. The molecule has 0 aromatic heterocycles. The average Bonchev–Trinajstić information content (AvgIpc) is 3.01. The molecule has 150 valence electrons. The van der Waals surface area contributed by atoms with Gasteiger partial charge in [0, 0.05) is 24.3 Å². The number of amides is 1. The summed E-state index contributed by atoms with van der Waals surface area (Å²) in [6, 6.07) is 13.3. The summed E-state index contributed by atoms with van der Waals surface area (Å²) >= 11 is 5.97. The summed E-state index contributed by atoms with van der Waals surface area (Å²) in [5.74, 6) is 0.711. The minimum Gasteiger partial charge on any atom is -0.487 e. The van der Waals surface area contributed by atoms with Crippen molar-refractivity contribution in [2.24, 2.45) is 0 Å². The van der Waals surface area contributed by atoms with Gasteiger partial charge in [-0.3, -0.25) is 4.79 Å². The van der Waals surface area contributed by atoms with E-state index in [4.69, 9.17) is 26.6 Å². The first-order chi connectivity index (χ1) is 13.4. The highest BCUT2D eigenvalue weighted by atomic mass is 35.5. The maximum atomic E-state index is 11.9. The standard InChI is InChI=1S/C22H26ClNO4/c1-22(11-16-2-6-18(23)7-3-16)12-17-10-15(4-8-20(17)28-22)5-9-21(27)24-19(13-25)14-26/h2-4,6-8,10,19,25-26H,5,9,11-14H2,1H3,(H,24,27)/t22-/m1/s1. The highest BCUT2D eigenvalue weighted by Gasteiger charge is 2.35. The predicted molar refractivity (Wildman–Crippen MR) is 109 cm³/mol. The Hall–Kier alpha value is -2.08. The highest BCUT2D eigenvalue weighted by Crippen LogP contribution is 2.37. The second kappa shape index (κ2) is 8.95. The van der Waals surface area contributed by atoms with E-state index in [1.54, 1.807) is 0 Å². The lowest BCUT2D eigenvalue weighted by Crippen LogP contribution is -2.40. The van der Waals surface area contributed by atoms with E-state index in [0.717, 1.165) is 34.7 Å². The maximum Gasteiger partial charge on any atom is 0.220 e. The highest BCUT2D eigenvalue weighted by molar-refractivity contribution is 6.30. The normalized spacial score (nSPS) is 18.0. The summed E-state index contributed by atoms with van der Waals surface area (Å²) in [5, 5.41) is 21.4. The third-order valence-corrected chi connectivity index (χ3v) is 5.24. The summed E-state index contributed by atoms with van der Waals surface area (Å²) in [7, 11) is 0. The van der Waals surface area contributed by atoms with Crippen molar-refractivity contribution in [1.82, 2.24) is 5.32 Å². The van der Waals surface area contributed by atoms with E-state index in [-0.39, 0.29) is 24.7 Å². The number of rotatable bonds is 8. The molecule has 0 aliphatic carbocycles. The second-order valence-corrected chi connectivity index (χ2v) is 8.04. The van der Waals surface area contributed by atoms with Crippen LogP contribution in [0.15, 0.2) is 42.5 Å². The number of ether oxygens (including phenoxy) is 1. The molecule has 0 radical (unpaired) electrons. The van der Waals surface area contributed by atoms with E-state index in [9.17, 15) is 4.79 Å². The van der Waals surface area contributed by atoms with E-state index < -0.39 is 6.04 Å². The molecule has 28 heavy (non-hydrogen) atoms. The molecule has 3 N–H and O–H groups in total. The Morgan fingerprint density at radius 2 is 1.86 bits per heavy atom. The first-order valence-corrected chi connectivity index (χ1v) is 9.85. The SMILES string of the molecule is C[C@@]1(Cc2ccc(Cl)cc2)Cc2cc(CCC(=O)NC(CO)CO)ccc2O1. The molecule has 0 saturated carbocycles. The van der Waals surface area contributed by atoms with Crippen molar-refractivity contribution in [3.05, 3.63) is 64.2 Å². The van der Waals surface area contributed by atoms with Gasteiger partial charge in [-0.25, -0.2) is 0 Å². The number of aliphatic hydroxyl groups excluding tert-OH is 2. The van der Waals surface area contributed by atoms with Crippen LogP contribution in [-0.4, -0.2) is 41.0 Å². The Morgan fingerprint density at radius 1 is 1.18 bits per heavy atom.